The van der Waals surface area contributed by atoms with Crippen molar-refractivity contribution in [1.29, 1.82) is 0 Å². The summed E-state index contributed by atoms with van der Waals surface area (Å²) in [5.74, 6) is -1.19. The van der Waals surface area contributed by atoms with Gasteiger partial charge in [0.05, 0.1) is 35.9 Å². The van der Waals surface area contributed by atoms with Crippen LogP contribution in [0.3, 0.4) is 0 Å². The zero-order chi connectivity index (χ0) is 20.1. The number of methoxy groups -OCH3 is 1. The Morgan fingerprint density at radius 1 is 1.21 bits per heavy atom. The van der Waals surface area contributed by atoms with Gasteiger partial charge in [-0.1, -0.05) is 17.4 Å². The number of rotatable bonds is 6. The Kier molecular flexibility index (Phi) is 6.37. The lowest BCUT2D eigenvalue weighted by atomic mass is 10.2. The zero-order valence-electron chi connectivity index (χ0n) is 15.3. The molecule has 1 aromatic carbocycles. The molecular weight excluding hydrogens is 400 g/mol. The highest BCUT2D eigenvalue weighted by Crippen LogP contribution is 2.20. The van der Waals surface area contributed by atoms with Crippen molar-refractivity contribution in [2.45, 2.75) is 19.9 Å². The van der Waals surface area contributed by atoms with E-state index in [1.807, 2.05) is 17.5 Å². The first-order chi connectivity index (χ1) is 13.5. The zero-order valence-corrected chi connectivity index (χ0v) is 17.0. The molecule has 9 heteroatoms. The Hall–Kier alpha value is -2.78. The van der Waals surface area contributed by atoms with Gasteiger partial charge >= 0.3 is 11.9 Å². The molecule has 0 atom stereocenters. The summed E-state index contributed by atoms with van der Waals surface area (Å²) < 4.78 is 12.1. The van der Waals surface area contributed by atoms with Crippen LogP contribution in [0.15, 0.2) is 40.7 Å². The molecule has 0 N–H and O–H groups in total. The van der Waals surface area contributed by atoms with Gasteiger partial charge < -0.3 is 14.0 Å². The average molecular weight is 418 g/mol. The molecule has 2 aromatic heterocycles. The number of ether oxygens (including phenoxy) is 2. The van der Waals surface area contributed by atoms with E-state index in [0.717, 1.165) is 9.58 Å². The minimum Gasteiger partial charge on any atom is -0.468 e. The van der Waals surface area contributed by atoms with E-state index in [-0.39, 0.29) is 25.5 Å². The van der Waals surface area contributed by atoms with E-state index >= 15 is 0 Å². The maximum absolute atomic E-state index is 12.4. The summed E-state index contributed by atoms with van der Waals surface area (Å²) in [6.07, 6.45) is 0.193. The topological polar surface area (TPSA) is 87.0 Å². The number of hydrogen-bond donors (Lipinski definition) is 0. The summed E-state index contributed by atoms with van der Waals surface area (Å²) in [4.78, 5) is 41.7. The normalized spacial score (nSPS) is 11.6. The maximum Gasteiger partial charge on any atom is 0.338 e. The van der Waals surface area contributed by atoms with Crippen LogP contribution in [-0.2, 0) is 32.0 Å². The fourth-order valence-corrected chi connectivity index (χ4v) is 4.34. The van der Waals surface area contributed by atoms with Crippen LogP contribution in [0.1, 0.15) is 22.2 Å². The van der Waals surface area contributed by atoms with Gasteiger partial charge in [0.15, 0.2) is 4.80 Å². The summed E-state index contributed by atoms with van der Waals surface area (Å²) in [5, 5.41) is 1.90. The summed E-state index contributed by atoms with van der Waals surface area (Å²) in [6, 6.07) is 8.76. The molecule has 0 spiro atoms. The molecule has 2 heterocycles. The van der Waals surface area contributed by atoms with Crippen molar-refractivity contribution in [2.75, 3.05) is 13.7 Å². The predicted octanol–water partition coefficient (Wildman–Crippen LogP) is 2.78. The molecule has 3 aromatic rings. The molecular formula is C19H18N2O5S2. The van der Waals surface area contributed by atoms with Gasteiger partial charge in [-0.15, -0.1) is 11.3 Å². The molecule has 0 radical (unpaired) electrons. The standard InChI is InChI=1S/C19H18N2O5S2/c1-3-26-18(24)12-6-7-14-15(9-12)28-19(21(14)11-17(23)25-2)20-16(22)10-13-5-4-8-27-13/h4-9H,3,10-11H2,1-2H3. The first-order valence-corrected chi connectivity index (χ1v) is 10.2. The molecule has 0 saturated carbocycles. The minimum absolute atomic E-state index is 0.0830. The van der Waals surface area contributed by atoms with Crippen LogP contribution in [0.25, 0.3) is 10.2 Å². The van der Waals surface area contributed by atoms with Crippen molar-refractivity contribution in [3.05, 3.63) is 51.0 Å². The van der Waals surface area contributed by atoms with Gasteiger partial charge in [0.2, 0.25) is 0 Å². The molecule has 0 aliphatic rings. The Labute approximate surface area is 168 Å². The van der Waals surface area contributed by atoms with E-state index in [9.17, 15) is 14.4 Å². The van der Waals surface area contributed by atoms with Crippen LogP contribution in [-0.4, -0.2) is 36.1 Å². The highest BCUT2D eigenvalue weighted by atomic mass is 32.1. The van der Waals surface area contributed by atoms with Crippen molar-refractivity contribution in [3.63, 3.8) is 0 Å². The smallest absolute Gasteiger partial charge is 0.338 e. The van der Waals surface area contributed by atoms with Crippen LogP contribution < -0.4 is 4.80 Å². The number of esters is 2. The van der Waals surface area contributed by atoms with Crippen molar-refractivity contribution in [2.24, 2.45) is 4.99 Å². The molecule has 1 amide bonds. The molecule has 0 fully saturated rings. The lowest BCUT2D eigenvalue weighted by Gasteiger charge is -2.05. The molecule has 3 rings (SSSR count). The van der Waals surface area contributed by atoms with E-state index in [1.54, 1.807) is 29.7 Å². The van der Waals surface area contributed by atoms with Gasteiger partial charge in [-0.2, -0.15) is 4.99 Å². The predicted molar refractivity (Wildman–Crippen MR) is 106 cm³/mol. The molecule has 0 saturated heterocycles. The first kappa shape index (κ1) is 20.0. The Bertz CT molecular complexity index is 1080. The Balaban J connectivity index is 2.04. The quantitative estimate of drug-likeness (QED) is 0.575. The summed E-state index contributed by atoms with van der Waals surface area (Å²) >= 11 is 2.72. The molecule has 0 aliphatic carbocycles. The highest BCUT2D eigenvalue weighted by molar-refractivity contribution is 7.16. The average Bonchev–Trinajstić information content (AvgIpc) is 3.29. The van der Waals surface area contributed by atoms with E-state index in [2.05, 4.69) is 4.99 Å². The molecule has 146 valence electrons. The van der Waals surface area contributed by atoms with Crippen molar-refractivity contribution >= 4 is 50.7 Å². The number of nitrogens with zero attached hydrogens (tertiary/aromatic N) is 2. The molecule has 0 aliphatic heterocycles. The molecule has 0 bridgehead atoms. The molecule has 28 heavy (non-hydrogen) atoms. The van der Waals surface area contributed by atoms with Crippen LogP contribution >= 0.6 is 22.7 Å². The van der Waals surface area contributed by atoms with Crippen LogP contribution in [0, 0.1) is 0 Å². The second kappa shape index (κ2) is 8.94. The van der Waals surface area contributed by atoms with Gasteiger partial charge in [0.25, 0.3) is 5.91 Å². The number of amides is 1. The Morgan fingerprint density at radius 2 is 2.04 bits per heavy atom. The number of benzene rings is 1. The van der Waals surface area contributed by atoms with Gasteiger partial charge in [0, 0.05) is 4.88 Å². The fraction of sp³-hybridized carbons (Fsp3) is 0.263. The number of carbonyl (C=O) groups is 3. The third kappa shape index (κ3) is 4.55. The van der Waals surface area contributed by atoms with E-state index in [0.29, 0.717) is 15.9 Å². The lowest BCUT2D eigenvalue weighted by Crippen LogP contribution is -2.22. The number of thiazole rings is 1. The molecule has 7 nitrogen and oxygen atoms in total. The first-order valence-electron chi connectivity index (χ1n) is 8.49. The highest BCUT2D eigenvalue weighted by Gasteiger charge is 2.15. The fourth-order valence-electron chi connectivity index (χ4n) is 2.55. The maximum atomic E-state index is 12.4. The van der Waals surface area contributed by atoms with E-state index < -0.39 is 11.9 Å². The summed E-state index contributed by atoms with van der Waals surface area (Å²) in [7, 11) is 1.30. The summed E-state index contributed by atoms with van der Waals surface area (Å²) in [6.45, 7) is 1.93. The van der Waals surface area contributed by atoms with Gasteiger partial charge in [-0.05, 0) is 36.6 Å². The van der Waals surface area contributed by atoms with E-state index in [4.69, 9.17) is 9.47 Å². The van der Waals surface area contributed by atoms with Gasteiger partial charge in [0.1, 0.15) is 6.54 Å². The van der Waals surface area contributed by atoms with E-state index in [1.165, 1.54) is 29.8 Å². The van der Waals surface area contributed by atoms with Gasteiger partial charge in [-0.3, -0.25) is 9.59 Å². The van der Waals surface area contributed by atoms with Crippen LogP contribution in [0.4, 0.5) is 0 Å². The van der Waals surface area contributed by atoms with Crippen molar-refractivity contribution in [1.82, 2.24) is 4.57 Å². The summed E-state index contributed by atoms with van der Waals surface area (Å²) in [5.41, 5.74) is 1.09. The Morgan fingerprint density at radius 3 is 2.71 bits per heavy atom. The monoisotopic (exact) mass is 418 g/mol. The number of carbonyl (C=O) groups excluding carboxylic acids is 3. The molecule has 0 unspecified atom stereocenters. The number of hydrogen-bond acceptors (Lipinski definition) is 7. The second-order valence-corrected chi connectivity index (χ2v) is 7.75. The number of thiophene rings is 1. The second-order valence-electron chi connectivity index (χ2n) is 5.71. The number of aromatic nitrogens is 1. The largest absolute Gasteiger partial charge is 0.468 e. The SMILES string of the molecule is CCOC(=O)c1ccc2c(c1)sc(=NC(=O)Cc1cccs1)n2CC(=O)OC. The lowest BCUT2D eigenvalue weighted by molar-refractivity contribution is -0.141. The van der Waals surface area contributed by atoms with Crippen molar-refractivity contribution in [3.8, 4) is 0 Å². The van der Waals surface area contributed by atoms with Crippen LogP contribution in [0.2, 0.25) is 0 Å². The van der Waals surface area contributed by atoms with Crippen molar-refractivity contribution < 1.29 is 23.9 Å². The van der Waals surface area contributed by atoms with Gasteiger partial charge in [-0.25, -0.2) is 4.79 Å². The third-order valence-electron chi connectivity index (χ3n) is 3.83. The minimum atomic E-state index is -0.457. The third-order valence-corrected chi connectivity index (χ3v) is 5.75. The van der Waals surface area contributed by atoms with Crippen LogP contribution in [0.5, 0.6) is 0 Å². The number of fused-ring (bicyclic) bond motifs is 1.